The molecule has 0 aromatic heterocycles. The lowest BCUT2D eigenvalue weighted by atomic mass is 10.1. The zero-order chi connectivity index (χ0) is 9.84. The van der Waals surface area contributed by atoms with Gasteiger partial charge in [0.2, 0.25) is 6.08 Å². The van der Waals surface area contributed by atoms with Gasteiger partial charge in [-0.2, -0.15) is 0 Å². The number of phenols is 1. The highest BCUT2D eigenvalue weighted by atomic mass is 19.1. The number of hydrogen-bond donors (Lipinski definition) is 1. The van der Waals surface area contributed by atoms with Crippen molar-refractivity contribution < 1.29 is 14.3 Å². The Hall–Kier alpha value is -1.67. The predicted molar refractivity (Wildman–Crippen MR) is 44.6 cm³/mol. The fraction of sp³-hybridized carbons (Fsp3) is 0.222. The highest BCUT2D eigenvalue weighted by Crippen LogP contribution is 2.20. The summed E-state index contributed by atoms with van der Waals surface area (Å²) in [5, 5.41) is 9.11. The van der Waals surface area contributed by atoms with E-state index in [1.165, 1.54) is 25.1 Å². The lowest BCUT2D eigenvalue weighted by Crippen LogP contribution is -1.91. The van der Waals surface area contributed by atoms with Gasteiger partial charge < -0.3 is 5.11 Å². The summed E-state index contributed by atoms with van der Waals surface area (Å²) in [6.45, 7) is 1.44. The summed E-state index contributed by atoms with van der Waals surface area (Å²) in [6, 6.07) is 2.55. The van der Waals surface area contributed by atoms with E-state index in [9.17, 15) is 9.18 Å². The summed E-state index contributed by atoms with van der Waals surface area (Å²) < 4.78 is 13.2. The molecule has 1 aromatic rings. The van der Waals surface area contributed by atoms with Gasteiger partial charge in [-0.3, -0.25) is 0 Å². The van der Waals surface area contributed by atoms with Gasteiger partial charge in [0.25, 0.3) is 0 Å². The van der Waals surface area contributed by atoms with E-state index in [0.29, 0.717) is 5.56 Å². The van der Waals surface area contributed by atoms with Crippen molar-refractivity contribution in [3.8, 4) is 5.75 Å². The third-order valence-electron chi connectivity index (χ3n) is 1.63. The largest absolute Gasteiger partial charge is 0.508 e. The van der Waals surface area contributed by atoms with Crippen LogP contribution < -0.4 is 0 Å². The molecule has 0 spiro atoms. The molecule has 3 nitrogen and oxygen atoms in total. The van der Waals surface area contributed by atoms with Crippen LogP contribution in [0, 0.1) is 12.7 Å². The third kappa shape index (κ3) is 2.13. The smallest absolute Gasteiger partial charge is 0.235 e. The number of benzene rings is 1. The number of phenolic OH excluding ortho intramolecular Hbond substituents is 1. The molecule has 0 fully saturated rings. The summed E-state index contributed by atoms with van der Waals surface area (Å²) in [5.74, 6) is -0.480. The summed E-state index contributed by atoms with van der Waals surface area (Å²) in [5.41, 5.74) is 0.525. The normalized spacial score (nSPS) is 9.38. The van der Waals surface area contributed by atoms with E-state index < -0.39 is 5.82 Å². The van der Waals surface area contributed by atoms with Crippen molar-refractivity contribution in [3.63, 3.8) is 0 Å². The SMILES string of the molecule is Cc1cc(O)cc(CN=C=O)c1F. The molecule has 1 N–H and O–H groups in total. The molecule has 0 aliphatic heterocycles. The van der Waals surface area contributed by atoms with E-state index in [-0.39, 0.29) is 17.9 Å². The maximum atomic E-state index is 13.2. The molecule has 0 radical (unpaired) electrons. The number of aryl methyl sites for hydroxylation is 1. The summed E-state index contributed by atoms with van der Waals surface area (Å²) >= 11 is 0. The van der Waals surface area contributed by atoms with E-state index >= 15 is 0 Å². The number of isocyanates is 1. The van der Waals surface area contributed by atoms with E-state index in [1.54, 1.807) is 0 Å². The zero-order valence-electron chi connectivity index (χ0n) is 7.04. The third-order valence-corrected chi connectivity index (χ3v) is 1.63. The second kappa shape index (κ2) is 3.83. The molecule has 0 unspecified atom stereocenters. The monoisotopic (exact) mass is 181 g/mol. The number of nitrogens with zero attached hydrogens (tertiary/aromatic N) is 1. The van der Waals surface area contributed by atoms with Gasteiger partial charge in [0.05, 0.1) is 6.54 Å². The molecule has 0 amide bonds. The van der Waals surface area contributed by atoms with Crippen LogP contribution in [0.25, 0.3) is 0 Å². The molecule has 13 heavy (non-hydrogen) atoms. The van der Waals surface area contributed by atoms with Gasteiger partial charge >= 0.3 is 0 Å². The van der Waals surface area contributed by atoms with Crippen molar-refractivity contribution in [2.45, 2.75) is 13.5 Å². The Morgan fingerprint density at radius 1 is 1.62 bits per heavy atom. The molecule has 0 aliphatic rings. The second-order valence-electron chi connectivity index (χ2n) is 2.64. The average molecular weight is 181 g/mol. The molecular formula is C9H8FNO2. The van der Waals surface area contributed by atoms with E-state index in [1.807, 2.05) is 0 Å². The Bertz CT molecular complexity index is 370. The Labute approximate surface area is 74.5 Å². The van der Waals surface area contributed by atoms with Crippen molar-refractivity contribution in [1.82, 2.24) is 0 Å². The molecule has 0 saturated carbocycles. The average Bonchev–Trinajstić information content (AvgIpc) is 2.09. The first-order valence-electron chi connectivity index (χ1n) is 3.66. The molecule has 0 bridgehead atoms. The van der Waals surface area contributed by atoms with Crippen LogP contribution in [0.3, 0.4) is 0 Å². The minimum atomic E-state index is -0.447. The Kier molecular flexibility index (Phi) is 2.77. The quantitative estimate of drug-likeness (QED) is 0.557. The van der Waals surface area contributed by atoms with Gasteiger partial charge in [-0.25, -0.2) is 14.2 Å². The molecular weight excluding hydrogens is 173 g/mol. The van der Waals surface area contributed by atoms with Gasteiger partial charge in [0.1, 0.15) is 11.6 Å². The number of aliphatic imine (C=N–C) groups is 1. The van der Waals surface area contributed by atoms with Crippen LogP contribution in [0.2, 0.25) is 0 Å². The molecule has 0 atom stereocenters. The minimum absolute atomic E-state index is 0.0324. The highest BCUT2D eigenvalue weighted by molar-refractivity contribution is 5.37. The van der Waals surface area contributed by atoms with Gasteiger partial charge in [-0.05, 0) is 24.6 Å². The first-order valence-corrected chi connectivity index (χ1v) is 3.66. The summed E-state index contributed by atoms with van der Waals surface area (Å²) in [6.07, 6.45) is 1.31. The highest BCUT2D eigenvalue weighted by Gasteiger charge is 2.06. The van der Waals surface area contributed by atoms with Gasteiger partial charge in [0, 0.05) is 5.56 Å². The Morgan fingerprint density at radius 3 is 2.92 bits per heavy atom. The van der Waals surface area contributed by atoms with Gasteiger partial charge in [-0.15, -0.1) is 0 Å². The Balaban J connectivity index is 3.12. The second-order valence-corrected chi connectivity index (χ2v) is 2.64. The maximum Gasteiger partial charge on any atom is 0.235 e. The first-order chi connectivity index (χ1) is 6.15. The fourth-order valence-electron chi connectivity index (χ4n) is 1.05. The number of aromatic hydroxyl groups is 1. The van der Waals surface area contributed by atoms with Gasteiger partial charge in [0.15, 0.2) is 0 Å². The molecule has 1 rings (SSSR count). The summed E-state index contributed by atoms with van der Waals surface area (Å²) in [7, 11) is 0. The van der Waals surface area contributed by atoms with E-state index in [0.717, 1.165) is 0 Å². The summed E-state index contributed by atoms with van der Waals surface area (Å²) in [4.78, 5) is 13.0. The number of halogens is 1. The predicted octanol–water partition coefficient (Wildman–Crippen LogP) is 1.68. The molecule has 4 heteroatoms. The molecule has 0 saturated heterocycles. The molecule has 68 valence electrons. The van der Waals surface area contributed by atoms with Crippen LogP contribution in [0.1, 0.15) is 11.1 Å². The van der Waals surface area contributed by atoms with E-state index in [4.69, 9.17) is 5.11 Å². The first kappa shape index (κ1) is 9.42. The van der Waals surface area contributed by atoms with Crippen LogP contribution in [-0.2, 0) is 11.3 Å². The maximum absolute atomic E-state index is 13.2. The van der Waals surface area contributed by atoms with Crippen molar-refractivity contribution in [1.29, 1.82) is 0 Å². The molecule has 0 heterocycles. The fourth-order valence-corrected chi connectivity index (χ4v) is 1.05. The topological polar surface area (TPSA) is 49.7 Å². The van der Waals surface area contributed by atoms with Crippen molar-refractivity contribution >= 4 is 6.08 Å². The van der Waals surface area contributed by atoms with Crippen LogP contribution in [0.5, 0.6) is 5.75 Å². The number of rotatable bonds is 2. The zero-order valence-corrected chi connectivity index (χ0v) is 7.04. The van der Waals surface area contributed by atoms with Crippen molar-refractivity contribution in [2.24, 2.45) is 4.99 Å². The lowest BCUT2D eigenvalue weighted by molar-refractivity contribution is 0.470. The molecule has 1 aromatic carbocycles. The van der Waals surface area contributed by atoms with Crippen LogP contribution >= 0.6 is 0 Å². The van der Waals surface area contributed by atoms with Crippen LogP contribution in [0.4, 0.5) is 4.39 Å². The molecule has 0 aliphatic carbocycles. The number of hydrogen-bond acceptors (Lipinski definition) is 3. The van der Waals surface area contributed by atoms with Crippen molar-refractivity contribution in [3.05, 3.63) is 29.1 Å². The van der Waals surface area contributed by atoms with Crippen molar-refractivity contribution in [2.75, 3.05) is 0 Å². The standard InChI is InChI=1S/C9H8FNO2/c1-6-2-8(13)3-7(9(6)10)4-11-5-12/h2-3,13H,4H2,1H3. The van der Waals surface area contributed by atoms with E-state index in [2.05, 4.69) is 4.99 Å². The lowest BCUT2D eigenvalue weighted by Gasteiger charge is -2.02. The number of carbonyl (C=O) groups excluding carboxylic acids is 1. The van der Waals surface area contributed by atoms with Gasteiger partial charge in [-0.1, -0.05) is 0 Å². The Morgan fingerprint density at radius 2 is 2.31 bits per heavy atom. The minimum Gasteiger partial charge on any atom is -0.508 e. The van der Waals surface area contributed by atoms with Crippen LogP contribution in [0.15, 0.2) is 17.1 Å². The van der Waals surface area contributed by atoms with Crippen LogP contribution in [-0.4, -0.2) is 11.2 Å².